The minimum atomic E-state index is -0.871. The molecular weight excluding hydrogens is 354 g/mol. The van der Waals surface area contributed by atoms with Crippen LogP contribution in [0.4, 0.5) is 0 Å². The van der Waals surface area contributed by atoms with Crippen LogP contribution in [0, 0.1) is 0 Å². The Kier molecular flexibility index (Phi) is 5.39. The second kappa shape index (κ2) is 7.07. The minimum Gasteiger partial charge on any atom is -0.480 e. The number of hydrogen-bond donors (Lipinski definition) is 1. The van der Waals surface area contributed by atoms with E-state index in [4.69, 9.17) is 16.7 Å². The van der Waals surface area contributed by atoms with Crippen LogP contribution in [0.5, 0.6) is 0 Å². The second-order valence-corrected chi connectivity index (χ2v) is 6.11. The molecular formula is C16H15BrClNO2. The highest BCUT2D eigenvalue weighted by Gasteiger charge is 2.23. The second-order valence-electron chi connectivity index (χ2n) is 4.79. The number of halogens is 2. The van der Waals surface area contributed by atoms with E-state index in [0.29, 0.717) is 5.02 Å². The molecule has 0 spiro atoms. The summed E-state index contributed by atoms with van der Waals surface area (Å²) in [6.45, 7) is -0.0671. The molecule has 0 saturated carbocycles. The number of hydrogen-bond acceptors (Lipinski definition) is 2. The van der Waals surface area contributed by atoms with Gasteiger partial charge in [0.25, 0.3) is 0 Å². The largest absolute Gasteiger partial charge is 0.480 e. The van der Waals surface area contributed by atoms with Gasteiger partial charge in [0, 0.05) is 9.50 Å². The molecule has 1 unspecified atom stereocenters. The normalized spacial score (nSPS) is 12.4. The van der Waals surface area contributed by atoms with Crippen LogP contribution < -0.4 is 0 Å². The minimum absolute atomic E-state index is 0.0671. The molecule has 2 aromatic rings. The summed E-state index contributed by atoms with van der Waals surface area (Å²) in [6, 6.07) is 15.1. The number of benzene rings is 2. The molecule has 0 amide bonds. The fourth-order valence-corrected chi connectivity index (χ4v) is 2.94. The highest BCUT2D eigenvalue weighted by molar-refractivity contribution is 9.10. The number of likely N-dealkylation sites (N-methyl/N-ethyl adjacent to an activating group) is 1. The fraction of sp³-hybridized carbons (Fsp3) is 0.188. The van der Waals surface area contributed by atoms with Crippen molar-refractivity contribution in [3.05, 3.63) is 69.2 Å². The molecule has 0 radical (unpaired) electrons. The van der Waals surface area contributed by atoms with Gasteiger partial charge in [0.15, 0.2) is 0 Å². The first-order valence-electron chi connectivity index (χ1n) is 6.41. The highest BCUT2D eigenvalue weighted by Crippen LogP contribution is 2.34. The molecule has 0 heterocycles. The maximum Gasteiger partial charge on any atom is 0.317 e. The van der Waals surface area contributed by atoms with Crippen LogP contribution in [0.25, 0.3) is 0 Å². The average Bonchev–Trinajstić information content (AvgIpc) is 2.43. The first-order chi connectivity index (χ1) is 9.99. The molecule has 0 saturated heterocycles. The molecule has 110 valence electrons. The van der Waals surface area contributed by atoms with Crippen LogP contribution in [0.2, 0.25) is 5.02 Å². The van der Waals surface area contributed by atoms with Gasteiger partial charge in [-0.2, -0.15) is 0 Å². The Labute approximate surface area is 137 Å². The summed E-state index contributed by atoms with van der Waals surface area (Å²) < 4.78 is 0.909. The van der Waals surface area contributed by atoms with Crippen molar-refractivity contribution in [3.8, 4) is 0 Å². The molecule has 0 aliphatic heterocycles. The van der Waals surface area contributed by atoms with Gasteiger partial charge < -0.3 is 5.11 Å². The van der Waals surface area contributed by atoms with E-state index in [-0.39, 0.29) is 12.6 Å². The smallest absolute Gasteiger partial charge is 0.317 e. The van der Waals surface area contributed by atoms with E-state index in [1.165, 1.54) is 0 Å². The van der Waals surface area contributed by atoms with Crippen molar-refractivity contribution < 1.29 is 9.90 Å². The Bertz CT molecular complexity index is 633. The molecule has 2 aromatic carbocycles. The Balaban J connectivity index is 2.50. The lowest BCUT2D eigenvalue weighted by Crippen LogP contribution is -2.31. The average molecular weight is 369 g/mol. The first-order valence-corrected chi connectivity index (χ1v) is 7.58. The predicted molar refractivity (Wildman–Crippen MR) is 87.7 cm³/mol. The van der Waals surface area contributed by atoms with E-state index >= 15 is 0 Å². The van der Waals surface area contributed by atoms with Crippen LogP contribution in [0.15, 0.2) is 53.0 Å². The standard InChI is InChI=1S/C16H15BrClNO2/c1-19(10-15(20)21)16(11-5-3-2-4-6-11)13-9-12(17)7-8-14(13)18/h2-9,16H,10H2,1H3,(H,20,21). The van der Waals surface area contributed by atoms with Crippen LogP contribution in [0.1, 0.15) is 17.2 Å². The van der Waals surface area contributed by atoms with E-state index in [1.807, 2.05) is 48.5 Å². The van der Waals surface area contributed by atoms with E-state index in [9.17, 15) is 4.79 Å². The SMILES string of the molecule is CN(CC(=O)O)C(c1ccccc1)c1cc(Br)ccc1Cl. The number of nitrogens with zero attached hydrogens (tertiary/aromatic N) is 1. The molecule has 21 heavy (non-hydrogen) atoms. The van der Waals surface area contributed by atoms with Crippen LogP contribution in [-0.4, -0.2) is 29.6 Å². The third-order valence-electron chi connectivity index (χ3n) is 3.19. The molecule has 2 rings (SSSR count). The molecule has 1 atom stereocenters. The molecule has 3 nitrogen and oxygen atoms in total. The Hall–Kier alpha value is -1.36. The van der Waals surface area contributed by atoms with Gasteiger partial charge in [-0.3, -0.25) is 9.69 Å². The summed E-state index contributed by atoms with van der Waals surface area (Å²) in [5, 5.41) is 9.68. The topological polar surface area (TPSA) is 40.5 Å². The molecule has 5 heteroatoms. The van der Waals surface area contributed by atoms with Gasteiger partial charge in [-0.1, -0.05) is 57.9 Å². The number of aliphatic carboxylic acids is 1. The van der Waals surface area contributed by atoms with Gasteiger partial charge in [0.2, 0.25) is 0 Å². The lowest BCUT2D eigenvalue weighted by Gasteiger charge is -2.28. The molecule has 0 bridgehead atoms. The van der Waals surface area contributed by atoms with E-state index < -0.39 is 5.97 Å². The van der Waals surface area contributed by atoms with E-state index in [2.05, 4.69) is 15.9 Å². The maximum atomic E-state index is 11.0. The third kappa shape index (κ3) is 4.06. The van der Waals surface area contributed by atoms with Gasteiger partial charge in [-0.25, -0.2) is 0 Å². The summed E-state index contributed by atoms with van der Waals surface area (Å²) in [7, 11) is 1.78. The van der Waals surface area contributed by atoms with Gasteiger partial charge in [-0.15, -0.1) is 0 Å². The number of carbonyl (C=O) groups is 1. The fourth-order valence-electron chi connectivity index (χ4n) is 2.34. The monoisotopic (exact) mass is 367 g/mol. The van der Waals surface area contributed by atoms with Gasteiger partial charge in [0.05, 0.1) is 12.6 Å². The van der Waals surface area contributed by atoms with Gasteiger partial charge in [-0.05, 0) is 36.4 Å². The lowest BCUT2D eigenvalue weighted by molar-refractivity contribution is -0.138. The molecule has 1 N–H and O–H groups in total. The lowest BCUT2D eigenvalue weighted by atomic mass is 9.97. The first kappa shape index (κ1) is 16.0. The molecule has 0 aliphatic carbocycles. The van der Waals surface area contributed by atoms with Crippen molar-refractivity contribution in [2.75, 3.05) is 13.6 Å². The zero-order valence-corrected chi connectivity index (χ0v) is 13.8. The summed E-state index contributed by atoms with van der Waals surface area (Å²) in [5.41, 5.74) is 1.88. The summed E-state index contributed by atoms with van der Waals surface area (Å²) in [4.78, 5) is 12.8. The number of carboxylic acid groups (broad SMARTS) is 1. The number of carboxylic acids is 1. The van der Waals surface area contributed by atoms with Crippen molar-refractivity contribution in [2.24, 2.45) is 0 Å². The van der Waals surface area contributed by atoms with Gasteiger partial charge >= 0.3 is 5.97 Å². The molecule has 0 aromatic heterocycles. The van der Waals surface area contributed by atoms with Crippen molar-refractivity contribution in [3.63, 3.8) is 0 Å². The summed E-state index contributed by atoms with van der Waals surface area (Å²) >= 11 is 9.77. The van der Waals surface area contributed by atoms with Crippen LogP contribution in [0.3, 0.4) is 0 Å². The summed E-state index contributed by atoms with van der Waals surface area (Å²) in [5.74, 6) is -0.871. The quantitative estimate of drug-likeness (QED) is 0.859. The molecule has 0 fully saturated rings. The molecule has 0 aliphatic rings. The Morgan fingerprint density at radius 3 is 2.57 bits per heavy atom. The zero-order chi connectivity index (χ0) is 15.4. The van der Waals surface area contributed by atoms with Crippen LogP contribution in [-0.2, 0) is 4.79 Å². The van der Waals surface area contributed by atoms with Crippen molar-refractivity contribution in [1.29, 1.82) is 0 Å². The maximum absolute atomic E-state index is 11.0. The Morgan fingerprint density at radius 2 is 1.95 bits per heavy atom. The van der Waals surface area contributed by atoms with Crippen LogP contribution >= 0.6 is 27.5 Å². The van der Waals surface area contributed by atoms with E-state index in [1.54, 1.807) is 11.9 Å². The third-order valence-corrected chi connectivity index (χ3v) is 4.03. The number of rotatable bonds is 5. The predicted octanol–water partition coefficient (Wildman–Crippen LogP) is 4.21. The highest BCUT2D eigenvalue weighted by atomic mass is 79.9. The van der Waals surface area contributed by atoms with Crippen molar-refractivity contribution >= 4 is 33.5 Å². The summed E-state index contributed by atoms with van der Waals surface area (Å²) in [6.07, 6.45) is 0. The van der Waals surface area contributed by atoms with Gasteiger partial charge in [0.1, 0.15) is 0 Å². The Morgan fingerprint density at radius 1 is 1.29 bits per heavy atom. The van der Waals surface area contributed by atoms with Crippen molar-refractivity contribution in [1.82, 2.24) is 4.90 Å². The zero-order valence-electron chi connectivity index (χ0n) is 11.5. The van der Waals surface area contributed by atoms with E-state index in [0.717, 1.165) is 15.6 Å². The van der Waals surface area contributed by atoms with Crippen molar-refractivity contribution in [2.45, 2.75) is 6.04 Å².